The van der Waals surface area contributed by atoms with E-state index in [0.29, 0.717) is 6.42 Å². The predicted octanol–water partition coefficient (Wildman–Crippen LogP) is 2.94. The van der Waals surface area contributed by atoms with Crippen LogP contribution in [0.2, 0.25) is 0 Å². The highest BCUT2D eigenvalue weighted by Crippen LogP contribution is 2.45. The van der Waals surface area contributed by atoms with Crippen molar-refractivity contribution < 1.29 is 9.59 Å². The number of hydrogen-bond acceptors (Lipinski definition) is 2. The summed E-state index contributed by atoms with van der Waals surface area (Å²) in [4.78, 5) is 26.5. The molecule has 2 aliphatic heterocycles. The number of piperidine rings is 1. The number of amides is 2. The molecule has 0 aliphatic carbocycles. The number of hydrogen-bond donors (Lipinski definition) is 1. The summed E-state index contributed by atoms with van der Waals surface area (Å²) in [5, 5.41) is 2.97. The first-order valence-electron chi connectivity index (χ1n) is 8.01. The number of carbonyl (C=O) groups is 2. The van der Waals surface area contributed by atoms with Crippen LogP contribution in [0.15, 0.2) is 24.3 Å². The maximum Gasteiger partial charge on any atom is 0.227 e. The van der Waals surface area contributed by atoms with Gasteiger partial charge in [0.05, 0.1) is 0 Å². The zero-order valence-electron chi connectivity index (χ0n) is 13.6. The van der Waals surface area contributed by atoms with Gasteiger partial charge in [0.1, 0.15) is 0 Å². The highest BCUT2D eigenvalue weighted by atomic mass is 16.2. The fourth-order valence-corrected chi connectivity index (χ4v) is 3.71. The van der Waals surface area contributed by atoms with Crippen molar-refractivity contribution in [2.75, 3.05) is 18.4 Å². The lowest BCUT2D eigenvalue weighted by molar-refractivity contribution is -0.141. The van der Waals surface area contributed by atoms with Crippen molar-refractivity contribution in [3.63, 3.8) is 0 Å². The van der Waals surface area contributed by atoms with Crippen LogP contribution < -0.4 is 5.32 Å². The van der Waals surface area contributed by atoms with E-state index in [1.165, 1.54) is 5.56 Å². The summed E-state index contributed by atoms with van der Waals surface area (Å²) >= 11 is 0. The maximum absolute atomic E-state index is 12.4. The van der Waals surface area contributed by atoms with Crippen molar-refractivity contribution in [2.45, 2.75) is 45.4 Å². The lowest BCUT2D eigenvalue weighted by Crippen LogP contribution is -2.50. The van der Waals surface area contributed by atoms with Crippen LogP contribution in [0.5, 0.6) is 0 Å². The number of rotatable bonds is 0. The van der Waals surface area contributed by atoms with Gasteiger partial charge in [-0.25, -0.2) is 0 Å². The minimum absolute atomic E-state index is 0.0919. The van der Waals surface area contributed by atoms with Crippen LogP contribution in [0, 0.1) is 5.41 Å². The topological polar surface area (TPSA) is 49.4 Å². The molecular formula is C18H24N2O2. The molecule has 0 saturated carbocycles. The first-order chi connectivity index (χ1) is 10.3. The molecular weight excluding hydrogens is 276 g/mol. The normalized spacial score (nSPS) is 20.5. The van der Waals surface area contributed by atoms with Crippen LogP contribution in [0.25, 0.3) is 0 Å². The Hall–Kier alpha value is -1.84. The SMILES string of the molecule is CC(C)(C)C(=O)N1CCC2(CC1)CC(=O)Nc1ccccc12. The summed E-state index contributed by atoms with van der Waals surface area (Å²) < 4.78 is 0. The van der Waals surface area contributed by atoms with Gasteiger partial charge in [-0.05, 0) is 24.5 Å². The van der Waals surface area contributed by atoms with E-state index < -0.39 is 0 Å². The molecule has 0 unspecified atom stereocenters. The molecule has 1 N–H and O–H groups in total. The van der Waals surface area contributed by atoms with Crippen molar-refractivity contribution in [1.82, 2.24) is 4.90 Å². The van der Waals surface area contributed by atoms with E-state index in [0.717, 1.165) is 31.6 Å². The van der Waals surface area contributed by atoms with E-state index in [1.54, 1.807) is 0 Å². The fraction of sp³-hybridized carbons (Fsp3) is 0.556. The third-order valence-corrected chi connectivity index (χ3v) is 4.92. The molecule has 2 aliphatic rings. The van der Waals surface area contributed by atoms with Crippen molar-refractivity contribution in [3.05, 3.63) is 29.8 Å². The second-order valence-corrected chi connectivity index (χ2v) is 7.59. The number of carbonyl (C=O) groups excluding carboxylic acids is 2. The number of nitrogens with zero attached hydrogens (tertiary/aromatic N) is 1. The number of likely N-dealkylation sites (tertiary alicyclic amines) is 1. The Morgan fingerprint density at radius 1 is 1.18 bits per heavy atom. The van der Waals surface area contributed by atoms with E-state index >= 15 is 0 Å². The molecule has 22 heavy (non-hydrogen) atoms. The molecule has 4 nitrogen and oxygen atoms in total. The summed E-state index contributed by atoms with van der Waals surface area (Å²) in [5.41, 5.74) is 1.73. The Balaban J connectivity index is 1.84. The van der Waals surface area contributed by atoms with Gasteiger partial charge in [0, 0.05) is 36.0 Å². The fourth-order valence-electron chi connectivity index (χ4n) is 3.71. The lowest BCUT2D eigenvalue weighted by atomic mass is 9.68. The van der Waals surface area contributed by atoms with Gasteiger partial charge in [0.15, 0.2) is 0 Å². The Bertz CT molecular complexity index is 608. The van der Waals surface area contributed by atoms with E-state index in [-0.39, 0.29) is 22.6 Å². The second kappa shape index (κ2) is 5.11. The zero-order valence-corrected chi connectivity index (χ0v) is 13.6. The molecule has 2 amide bonds. The molecule has 3 rings (SSSR count). The quantitative estimate of drug-likeness (QED) is 0.801. The summed E-state index contributed by atoms with van der Waals surface area (Å²) in [6.07, 6.45) is 2.25. The summed E-state index contributed by atoms with van der Waals surface area (Å²) in [7, 11) is 0. The van der Waals surface area contributed by atoms with Crippen LogP contribution in [-0.4, -0.2) is 29.8 Å². The van der Waals surface area contributed by atoms with Crippen LogP contribution in [0.1, 0.15) is 45.6 Å². The molecule has 0 atom stereocenters. The van der Waals surface area contributed by atoms with Crippen LogP contribution in [0.4, 0.5) is 5.69 Å². The van der Waals surface area contributed by atoms with E-state index in [2.05, 4.69) is 11.4 Å². The zero-order chi connectivity index (χ0) is 16.0. The van der Waals surface area contributed by atoms with Gasteiger partial charge in [-0.15, -0.1) is 0 Å². The standard InChI is InChI=1S/C18H24N2O2/c1-17(2,3)16(22)20-10-8-18(9-11-20)12-15(21)19-14-7-5-4-6-13(14)18/h4-7H,8-12H2,1-3H3,(H,19,21). The van der Waals surface area contributed by atoms with Crippen LogP contribution >= 0.6 is 0 Å². The minimum Gasteiger partial charge on any atom is -0.342 e. The van der Waals surface area contributed by atoms with Gasteiger partial charge in [0.25, 0.3) is 0 Å². The maximum atomic E-state index is 12.4. The highest BCUT2D eigenvalue weighted by molar-refractivity contribution is 5.95. The average Bonchev–Trinajstić information content (AvgIpc) is 2.46. The molecule has 1 saturated heterocycles. The number of para-hydroxylation sites is 1. The third-order valence-electron chi connectivity index (χ3n) is 4.92. The van der Waals surface area contributed by atoms with E-state index in [4.69, 9.17) is 0 Å². The molecule has 0 bridgehead atoms. The highest BCUT2D eigenvalue weighted by Gasteiger charge is 2.43. The summed E-state index contributed by atoms with van der Waals surface area (Å²) in [5.74, 6) is 0.296. The van der Waals surface area contributed by atoms with Crippen molar-refractivity contribution in [1.29, 1.82) is 0 Å². The van der Waals surface area contributed by atoms with Gasteiger partial charge in [-0.2, -0.15) is 0 Å². The molecule has 0 aromatic heterocycles. The number of benzene rings is 1. The van der Waals surface area contributed by atoms with Gasteiger partial charge in [0.2, 0.25) is 11.8 Å². The molecule has 1 aromatic rings. The molecule has 4 heteroatoms. The monoisotopic (exact) mass is 300 g/mol. The third kappa shape index (κ3) is 2.51. The largest absolute Gasteiger partial charge is 0.342 e. The van der Waals surface area contributed by atoms with Crippen LogP contribution in [0.3, 0.4) is 0 Å². The lowest BCUT2D eigenvalue weighted by Gasteiger charge is -2.45. The van der Waals surface area contributed by atoms with Crippen molar-refractivity contribution in [3.8, 4) is 0 Å². The molecule has 1 spiro atoms. The van der Waals surface area contributed by atoms with Gasteiger partial charge < -0.3 is 10.2 Å². The summed E-state index contributed by atoms with van der Waals surface area (Å²) in [6, 6.07) is 8.08. The predicted molar refractivity (Wildman–Crippen MR) is 86.6 cm³/mol. The minimum atomic E-state index is -0.341. The first kappa shape index (κ1) is 15.1. The van der Waals surface area contributed by atoms with Gasteiger partial charge >= 0.3 is 0 Å². The van der Waals surface area contributed by atoms with Crippen LogP contribution in [-0.2, 0) is 15.0 Å². The number of fused-ring (bicyclic) bond motifs is 2. The Labute approximate surface area is 131 Å². The van der Waals surface area contributed by atoms with Crippen molar-refractivity contribution in [2.24, 2.45) is 5.41 Å². The number of nitrogens with one attached hydrogen (secondary N) is 1. The molecule has 0 radical (unpaired) electrons. The van der Waals surface area contributed by atoms with E-state index in [1.807, 2.05) is 43.9 Å². The second-order valence-electron chi connectivity index (χ2n) is 7.59. The average molecular weight is 300 g/mol. The molecule has 1 fully saturated rings. The number of anilines is 1. The Morgan fingerprint density at radius 3 is 2.45 bits per heavy atom. The molecule has 1 aromatic carbocycles. The summed E-state index contributed by atoms with van der Waals surface area (Å²) in [6.45, 7) is 7.35. The first-order valence-corrected chi connectivity index (χ1v) is 8.01. The molecule has 118 valence electrons. The Morgan fingerprint density at radius 2 is 1.82 bits per heavy atom. The van der Waals surface area contributed by atoms with E-state index in [9.17, 15) is 9.59 Å². The smallest absolute Gasteiger partial charge is 0.227 e. The Kier molecular flexibility index (Phi) is 3.50. The van der Waals surface area contributed by atoms with Gasteiger partial charge in [-0.3, -0.25) is 9.59 Å². The van der Waals surface area contributed by atoms with Crippen molar-refractivity contribution >= 4 is 17.5 Å². The molecule has 2 heterocycles. The van der Waals surface area contributed by atoms with Gasteiger partial charge in [-0.1, -0.05) is 39.0 Å².